The lowest BCUT2D eigenvalue weighted by molar-refractivity contribution is -0.440. The lowest BCUT2D eigenvalue weighted by Crippen LogP contribution is -2.71. The maximum Gasteiger partial charge on any atom is 0.460 e. The fraction of sp³-hybridized carbons (Fsp3) is 0.533. The first-order chi connectivity index (χ1) is 22.7. The molecule has 0 bridgehead atoms. The van der Waals surface area contributed by atoms with Crippen LogP contribution in [0.4, 0.5) is 61.9 Å². The van der Waals surface area contributed by atoms with Gasteiger partial charge in [0.15, 0.2) is 6.10 Å². The molecule has 1 N–H and O–H groups in total. The quantitative estimate of drug-likeness (QED) is 0.164. The Kier molecular flexibility index (Phi) is 13.1. The summed E-state index contributed by atoms with van der Waals surface area (Å²) in [4.78, 5) is 23.6. The molecule has 2 rings (SSSR count). The number of carbonyl (C=O) groups excluding carboxylic acids is 1. The molecule has 2 aromatic rings. The van der Waals surface area contributed by atoms with Crippen LogP contribution in [0.2, 0.25) is 0 Å². The van der Waals surface area contributed by atoms with Gasteiger partial charge in [-0.15, -0.1) is 0 Å². The number of rotatable bonds is 17. The van der Waals surface area contributed by atoms with Crippen LogP contribution in [0.15, 0.2) is 48.5 Å². The Morgan fingerprint density at radius 3 is 1.70 bits per heavy atom. The van der Waals surface area contributed by atoms with Gasteiger partial charge in [-0.1, -0.05) is 38.1 Å². The van der Waals surface area contributed by atoms with E-state index in [1.165, 1.54) is 36.4 Å². The van der Waals surface area contributed by atoms with Crippen molar-refractivity contribution in [2.45, 2.75) is 75.0 Å². The smallest absolute Gasteiger partial charge is 0.460 e. The van der Waals surface area contributed by atoms with Crippen LogP contribution in [-0.4, -0.2) is 90.3 Å². The van der Waals surface area contributed by atoms with Gasteiger partial charge in [0.2, 0.25) is 0 Å². The minimum atomic E-state index is -8.10. The molecule has 20 heteroatoms. The molecule has 2 aromatic carbocycles. The molecular weight excluding hydrogens is 717 g/mol. The van der Waals surface area contributed by atoms with Gasteiger partial charge in [0.1, 0.15) is 18.1 Å². The summed E-state index contributed by atoms with van der Waals surface area (Å²) >= 11 is 0. The Morgan fingerprint density at radius 1 is 0.740 bits per heavy atom. The van der Waals surface area contributed by atoms with E-state index in [9.17, 15) is 71.8 Å². The van der Waals surface area contributed by atoms with Gasteiger partial charge >= 0.3 is 47.9 Å². The van der Waals surface area contributed by atoms with Crippen LogP contribution in [0, 0.1) is 0 Å². The fourth-order valence-electron chi connectivity index (χ4n) is 4.09. The third-order valence-electron chi connectivity index (χ3n) is 7.02. The van der Waals surface area contributed by atoms with Crippen molar-refractivity contribution < 1.29 is 86.0 Å². The Labute approximate surface area is 275 Å². The van der Waals surface area contributed by atoms with E-state index in [2.05, 4.69) is 0 Å². The second-order valence-corrected chi connectivity index (χ2v) is 11.0. The summed E-state index contributed by atoms with van der Waals surface area (Å²) in [7, 11) is 0. The van der Waals surface area contributed by atoms with E-state index >= 15 is 0 Å². The highest BCUT2D eigenvalue weighted by Gasteiger charge is 2.90. The summed E-state index contributed by atoms with van der Waals surface area (Å²) in [6.45, 7) is 0.0267. The van der Waals surface area contributed by atoms with Gasteiger partial charge in [-0.2, -0.15) is 57.1 Å². The fourth-order valence-corrected chi connectivity index (χ4v) is 4.09. The number of hydrogen-bond donors (Lipinski definition) is 1. The molecule has 0 radical (unpaired) electrons. The maximum absolute atomic E-state index is 14.8. The Bertz CT molecular complexity index is 1430. The van der Waals surface area contributed by atoms with E-state index in [1.807, 2.05) is 0 Å². The normalized spacial score (nSPS) is 14.0. The van der Waals surface area contributed by atoms with E-state index in [1.54, 1.807) is 20.8 Å². The number of carbonyl (C=O) groups is 2. The lowest BCUT2D eigenvalue weighted by atomic mass is 9.93. The number of carboxylic acid groups (broad SMARTS) is 1. The van der Waals surface area contributed by atoms with Crippen LogP contribution in [-0.2, 0) is 16.0 Å². The van der Waals surface area contributed by atoms with Crippen LogP contribution < -0.4 is 9.47 Å². The van der Waals surface area contributed by atoms with Crippen molar-refractivity contribution in [2.24, 2.45) is 0 Å². The van der Waals surface area contributed by atoms with Crippen molar-refractivity contribution >= 4 is 12.1 Å². The highest BCUT2D eigenvalue weighted by Crippen LogP contribution is 2.60. The molecular formula is C30H30F13NO6. The average molecular weight is 748 g/mol. The molecule has 0 fully saturated rings. The van der Waals surface area contributed by atoms with Crippen molar-refractivity contribution in [2.75, 3.05) is 26.3 Å². The van der Waals surface area contributed by atoms with Gasteiger partial charge in [0, 0.05) is 13.0 Å². The van der Waals surface area contributed by atoms with Gasteiger partial charge in [-0.3, -0.25) is 4.90 Å². The number of nitrogens with zero attached hydrogens (tertiary/aromatic N) is 1. The van der Waals surface area contributed by atoms with Crippen molar-refractivity contribution in [1.29, 1.82) is 0 Å². The predicted molar refractivity (Wildman–Crippen MR) is 148 cm³/mol. The summed E-state index contributed by atoms with van der Waals surface area (Å²) in [6, 6.07) is 10.1. The molecule has 0 heterocycles. The zero-order valence-electron chi connectivity index (χ0n) is 26.2. The number of alkyl halides is 13. The van der Waals surface area contributed by atoms with Crippen molar-refractivity contribution in [1.82, 2.24) is 4.90 Å². The zero-order chi connectivity index (χ0) is 38.5. The topological polar surface area (TPSA) is 85.3 Å². The highest BCUT2D eigenvalue weighted by atomic mass is 19.4. The molecule has 0 aromatic heterocycles. The SMILES string of the molecule is CCOC(Cc1ccc(OCCN(CC(F)(F)C(F)(F)C(F)(F)C(F)(F)C(F)(F)C(F)(F)F)C(=O)Oc2ccc(C(C)C)cc2)cc1)C(=O)O. The number of halogens is 13. The van der Waals surface area contributed by atoms with E-state index in [4.69, 9.17) is 14.2 Å². The summed E-state index contributed by atoms with van der Waals surface area (Å²) in [5, 5.41) is 9.19. The standard InChI is InChI=1S/C30H30F13NO6/c1-4-48-22(23(45)46)15-18-5-9-20(10-6-18)49-14-13-44(24(47)50-21-11-7-19(8-12-21)17(2)3)16-25(31,32)26(33,34)27(35,36)28(37,38)29(39,40)30(41,42)43/h5-12,17,22H,4,13-16H2,1-3H3,(H,45,46). The van der Waals surface area contributed by atoms with Crippen LogP contribution in [0.25, 0.3) is 0 Å². The van der Waals surface area contributed by atoms with E-state index in [0.29, 0.717) is 11.1 Å². The number of hydrogen-bond acceptors (Lipinski definition) is 5. The Balaban J connectivity index is 2.36. The number of amides is 1. The molecule has 0 spiro atoms. The zero-order valence-corrected chi connectivity index (χ0v) is 26.2. The van der Waals surface area contributed by atoms with Crippen LogP contribution in [0.1, 0.15) is 37.8 Å². The van der Waals surface area contributed by atoms with E-state index in [0.717, 1.165) is 12.1 Å². The van der Waals surface area contributed by atoms with Crippen molar-refractivity contribution in [3.63, 3.8) is 0 Å². The molecule has 1 amide bonds. The minimum absolute atomic E-state index is 0.0591. The molecule has 50 heavy (non-hydrogen) atoms. The molecule has 0 saturated carbocycles. The first-order valence-corrected chi connectivity index (χ1v) is 14.3. The van der Waals surface area contributed by atoms with Crippen LogP contribution >= 0.6 is 0 Å². The molecule has 0 aliphatic rings. The summed E-state index contributed by atoms with van der Waals surface area (Å²) in [6.07, 6.45) is -10.9. The molecule has 0 aliphatic heterocycles. The molecule has 1 unspecified atom stereocenters. The predicted octanol–water partition coefficient (Wildman–Crippen LogP) is 8.46. The molecule has 1 atom stereocenters. The second-order valence-electron chi connectivity index (χ2n) is 11.0. The molecule has 0 aliphatic carbocycles. The maximum atomic E-state index is 14.8. The number of ether oxygens (including phenoxy) is 3. The van der Waals surface area contributed by atoms with Crippen LogP contribution in [0.5, 0.6) is 11.5 Å². The third-order valence-corrected chi connectivity index (χ3v) is 7.02. The Hall–Kier alpha value is -3.97. The first-order valence-electron chi connectivity index (χ1n) is 14.3. The minimum Gasteiger partial charge on any atom is -0.492 e. The summed E-state index contributed by atoms with van der Waals surface area (Å²) in [5.41, 5.74) is 1.07. The third kappa shape index (κ3) is 9.03. The second kappa shape index (κ2) is 15.5. The first kappa shape index (κ1) is 42.2. The van der Waals surface area contributed by atoms with Crippen molar-refractivity contribution in [3.8, 4) is 11.5 Å². The monoisotopic (exact) mass is 747 g/mol. The highest BCUT2D eigenvalue weighted by molar-refractivity contribution is 5.72. The average Bonchev–Trinajstić information content (AvgIpc) is 3.00. The molecule has 7 nitrogen and oxygen atoms in total. The van der Waals surface area contributed by atoms with Gasteiger partial charge in [0.05, 0.1) is 13.1 Å². The number of aliphatic carboxylic acids is 1. The molecule has 282 valence electrons. The van der Waals surface area contributed by atoms with Crippen LogP contribution in [0.3, 0.4) is 0 Å². The van der Waals surface area contributed by atoms with E-state index < -0.39 is 84.3 Å². The number of benzene rings is 2. The van der Waals surface area contributed by atoms with E-state index in [-0.39, 0.29) is 24.7 Å². The van der Waals surface area contributed by atoms with Crippen molar-refractivity contribution in [3.05, 3.63) is 59.7 Å². The summed E-state index contributed by atoms with van der Waals surface area (Å²) < 4.78 is 193. The Morgan fingerprint density at radius 2 is 1.24 bits per heavy atom. The lowest BCUT2D eigenvalue weighted by Gasteiger charge is -2.40. The summed E-state index contributed by atoms with van der Waals surface area (Å²) in [5.74, 6) is -40.1. The van der Waals surface area contributed by atoms with Gasteiger partial charge in [0.25, 0.3) is 0 Å². The van der Waals surface area contributed by atoms with Gasteiger partial charge < -0.3 is 19.3 Å². The largest absolute Gasteiger partial charge is 0.492 e. The van der Waals surface area contributed by atoms with Gasteiger partial charge in [-0.05, 0) is 48.2 Å². The number of carboxylic acids is 1. The molecule has 0 saturated heterocycles. The van der Waals surface area contributed by atoms with Gasteiger partial charge in [-0.25, -0.2) is 9.59 Å².